The monoisotopic (exact) mass is 521 g/mol. The van der Waals surface area contributed by atoms with E-state index in [0.717, 1.165) is 38.5 Å². The zero-order valence-electron chi connectivity index (χ0n) is 18.7. The first-order valence-electron chi connectivity index (χ1n) is 12.0. The molecule has 0 aromatic carbocycles. The Morgan fingerprint density at radius 1 is 0.969 bits per heavy atom. The van der Waals surface area contributed by atoms with E-state index in [4.69, 9.17) is 27.9 Å². The Balaban J connectivity index is 1.59. The summed E-state index contributed by atoms with van der Waals surface area (Å²) >= 11 is 12.6. The van der Waals surface area contributed by atoms with E-state index in [1.165, 1.54) is 4.31 Å². The molecule has 0 N–H and O–H groups in total. The van der Waals surface area contributed by atoms with Gasteiger partial charge in [0.1, 0.15) is 0 Å². The van der Waals surface area contributed by atoms with Crippen molar-refractivity contribution in [2.75, 3.05) is 13.2 Å². The molecule has 3 saturated carbocycles. The third-order valence-electron chi connectivity index (χ3n) is 7.54. The van der Waals surface area contributed by atoms with Gasteiger partial charge in [0.15, 0.2) is 0 Å². The predicted octanol–water partition coefficient (Wildman–Crippen LogP) is 6.10. The van der Waals surface area contributed by atoms with Crippen LogP contribution in [-0.2, 0) is 14.8 Å². The average Bonchev–Trinajstić information content (AvgIpc) is 2.73. The van der Waals surface area contributed by atoms with Crippen LogP contribution >= 0.6 is 23.2 Å². The number of rotatable bonds is 7. The highest BCUT2D eigenvalue weighted by atomic mass is 35.5. The van der Waals surface area contributed by atoms with Crippen LogP contribution in [0.2, 0.25) is 0 Å². The highest BCUT2D eigenvalue weighted by Crippen LogP contribution is 2.41. The molecule has 188 valence electrons. The molecule has 3 aliphatic rings. The number of hydrogen-bond donors (Lipinski definition) is 0. The Morgan fingerprint density at radius 2 is 1.69 bits per heavy atom. The van der Waals surface area contributed by atoms with Crippen molar-refractivity contribution in [3.63, 3.8) is 0 Å². The van der Waals surface area contributed by atoms with E-state index in [1.54, 1.807) is 6.92 Å². The average molecular weight is 523 g/mol. The summed E-state index contributed by atoms with van der Waals surface area (Å²) in [5.41, 5.74) is 0. The molecule has 0 spiro atoms. The van der Waals surface area contributed by atoms with Crippen LogP contribution in [0.4, 0.5) is 13.2 Å². The molecule has 7 atom stereocenters. The molecular formula is C22H36Cl2F3NO3S. The van der Waals surface area contributed by atoms with Crippen LogP contribution in [0, 0.1) is 11.8 Å². The fourth-order valence-electron chi connectivity index (χ4n) is 5.66. The van der Waals surface area contributed by atoms with Gasteiger partial charge in [-0.05, 0) is 70.1 Å². The standard InChI is InChI=1S/C22H36Cl2F3NO3S/c1-2-28(32(29,30)20-8-3-5-16(11-20)22(25,26)27)18-6-4-7-19(13-18)31-14-15-9-10-17(23)12-21(15)24/h15-21H,2-14H2,1H3. The summed E-state index contributed by atoms with van der Waals surface area (Å²) in [5, 5.41) is -0.842. The van der Waals surface area contributed by atoms with Gasteiger partial charge in [0.2, 0.25) is 10.0 Å². The van der Waals surface area contributed by atoms with Gasteiger partial charge in [-0.25, -0.2) is 8.42 Å². The van der Waals surface area contributed by atoms with Crippen molar-refractivity contribution >= 4 is 33.2 Å². The molecule has 0 radical (unpaired) electrons. The fourth-order valence-corrected chi connectivity index (χ4v) is 8.77. The first-order chi connectivity index (χ1) is 15.0. The molecule has 0 aromatic rings. The molecule has 0 saturated heterocycles. The summed E-state index contributed by atoms with van der Waals surface area (Å²) in [6, 6.07) is -0.222. The molecule has 10 heteroatoms. The Bertz CT molecular complexity index is 709. The summed E-state index contributed by atoms with van der Waals surface area (Å²) in [6.07, 6.45) is 1.55. The summed E-state index contributed by atoms with van der Waals surface area (Å²) in [5.74, 6) is -1.27. The quantitative estimate of drug-likeness (QED) is 0.380. The Hall–Kier alpha value is 0.240. The summed E-state index contributed by atoms with van der Waals surface area (Å²) in [4.78, 5) is 0. The van der Waals surface area contributed by atoms with E-state index in [0.29, 0.717) is 25.9 Å². The number of nitrogens with zero attached hydrogens (tertiary/aromatic N) is 1. The second kappa shape index (κ2) is 11.3. The Labute approximate surface area is 200 Å². The highest BCUT2D eigenvalue weighted by molar-refractivity contribution is 7.89. The number of ether oxygens (including phenoxy) is 1. The minimum Gasteiger partial charge on any atom is -0.378 e. The van der Waals surface area contributed by atoms with E-state index in [2.05, 4.69) is 0 Å². The van der Waals surface area contributed by atoms with Crippen LogP contribution in [0.1, 0.15) is 77.6 Å². The molecule has 3 rings (SSSR count). The van der Waals surface area contributed by atoms with E-state index in [9.17, 15) is 21.6 Å². The molecule has 32 heavy (non-hydrogen) atoms. The van der Waals surface area contributed by atoms with Crippen molar-refractivity contribution in [2.45, 2.75) is 112 Å². The zero-order valence-corrected chi connectivity index (χ0v) is 21.0. The van der Waals surface area contributed by atoms with Gasteiger partial charge >= 0.3 is 6.18 Å². The molecule has 0 aliphatic heterocycles. The van der Waals surface area contributed by atoms with E-state index in [1.807, 2.05) is 0 Å². The first-order valence-corrected chi connectivity index (χ1v) is 14.4. The lowest BCUT2D eigenvalue weighted by molar-refractivity contribution is -0.181. The van der Waals surface area contributed by atoms with Gasteiger partial charge in [-0.2, -0.15) is 17.5 Å². The Morgan fingerprint density at radius 3 is 2.34 bits per heavy atom. The van der Waals surface area contributed by atoms with Gasteiger partial charge in [0.25, 0.3) is 0 Å². The third kappa shape index (κ3) is 6.67. The maximum absolute atomic E-state index is 13.4. The third-order valence-corrected chi connectivity index (χ3v) is 11.0. The number of hydrogen-bond acceptors (Lipinski definition) is 3. The minimum atomic E-state index is -4.34. The van der Waals surface area contributed by atoms with E-state index >= 15 is 0 Å². The van der Waals surface area contributed by atoms with Crippen LogP contribution in [0.5, 0.6) is 0 Å². The highest BCUT2D eigenvalue weighted by Gasteiger charge is 2.47. The zero-order chi connectivity index (χ0) is 23.5. The van der Waals surface area contributed by atoms with Crippen molar-refractivity contribution in [3.05, 3.63) is 0 Å². The van der Waals surface area contributed by atoms with Crippen LogP contribution in [0.3, 0.4) is 0 Å². The number of halogens is 5. The van der Waals surface area contributed by atoms with Gasteiger partial charge in [-0.15, -0.1) is 23.2 Å². The number of sulfonamides is 1. The van der Waals surface area contributed by atoms with Gasteiger partial charge < -0.3 is 4.74 Å². The second-order valence-electron chi connectivity index (χ2n) is 9.74. The summed E-state index contributed by atoms with van der Waals surface area (Å²) < 4.78 is 74.1. The molecular weight excluding hydrogens is 486 g/mol. The maximum Gasteiger partial charge on any atom is 0.391 e. The van der Waals surface area contributed by atoms with Crippen molar-refractivity contribution < 1.29 is 26.3 Å². The van der Waals surface area contributed by atoms with E-state index < -0.39 is 27.4 Å². The van der Waals surface area contributed by atoms with Crippen molar-refractivity contribution in [3.8, 4) is 0 Å². The maximum atomic E-state index is 13.4. The fraction of sp³-hybridized carbons (Fsp3) is 1.00. The molecule has 4 nitrogen and oxygen atoms in total. The van der Waals surface area contributed by atoms with Crippen LogP contribution in [0.15, 0.2) is 0 Å². The first kappa shape index (κ1) is 26.8. The van der Waals surface area contributed by atoms with Crippen LogP contribution in [-0.4, -0.2) is 60.2 Å². The van der Waals surface area contributed by atoms with E-state index in [-0.39, 0.29) is 48.2 Å². The Kier molecular flexibility index (Phi) is 9.49. The van der Waals surface area contributed by atoms with Crippen molar-refractivity contribution in [1.29, 1.82) is 0 Å². The van der Waals surface area contributed by atoms with Crippen molar-refractivity contribution in [2.24, 2.45) is 11.8 Å². The largest absolute Gasteiger partial charge is 0.391 e. The van der Waals surface area contributed by atoms with Crippen LogP contribution < -0.4 is 0 Å². The predicted molar refractivity (Wildman–Crippen MR) is 122 cm³/mol. The molecule has 0 amide bonds. The lowest BCUT2D eigenvalue weighted by atomic mass is 9.88. The van der Waals surface area contributed by atoms with Crippen molar-refractivity contribution in [1.82, 2.24) is 4.31 Å². The lowest BCUT2D eigenvalue weighted by Gasteiger charge is -2.40. The topological polar surface area (TPSA) is 46.6 Å². The normalized spacial score (nSPS) is 37.5. The van der Waals surface area contributed by atoms with Gasteiger partial charge in [0.05, 0.1) is 23.9 Å². The second-order valence-corrected chi connectivity index (χ2v) is 13.1. The van der Waals surface area contributed by atoms with Crippen LogP contribution in [0.25, 0.3) is 0 Å². The molecule has 0 aromatic heterocycles. The van der Waals surface area contributed by atoms with Gasteiger partial charge in [-0.1, -0.05) is 13.3 Å². The number of alkyl halides is 5. The minimum absolute atomic E-state index is 0.00830. The molecule has 3 aliphatic carbocycles. The lowest BCUT2D eigenvalue weighted by Crippen LogP contribution is -2.49. The van der Waals surface area contributed by atoms with Gasteiger partial charge in [0, 0.05) is 23.3 Å². The molecule has 3 fully saturated rings. The van der Waals surface area contributed by atoms with Gasteiger partial charge in [-0.3, -0.25) is 0 Å². The summed E-state index contributed by atoms with van der Waals surface area (Å²) in [7, 11) is -3.80. The molecule has 7 unspecified atom stereocenters. The summed E-state index contributed by atoms with van der Waals surface area (Å²) in [6.45, 7) is 2.59. The smallest absolute Gasteiger partial charge is 0.378 e. The molecule has 0 heterocycles. The molecule has 0 bridgehead atoms. The SMILES string of the molecule is CCN(C1CCCC(OCC2CCC(Cl)CC2Cl)C1)S(=O)(=O)C1CCCC(C(F)(F)F)C1.